The van der Waals surface area contributed by atoms with Crippen molar-refractivity contribution in [3.05, 3.63) is 64.0 Å². The zero-order chi connectivity index (χ0) is 21.2. The molecule has 0 amide bonds. The van der Waals surface area contributed by atoms with Gasteiger partial charge in [0.2, 0.25) is 0 Å². The number of anilines is 1. The largest absolute Gasteiger partial charge is 0.495 e. The third-order valence-corrected chi connectivity index (χ3v) is 6.93. The van der Waals surface area contributed by atoms with Crippen LogP contribution in [-0.4, -0.2) is 28.6 Å². The zero-order valence-corrected chi connectivity index (χ0v) is 18.2. The SMILES string of the molecule is COC(=O)c1c(NS(=O)(=O)c2cc(Cl)ccc2OC)sc(C)c1-c1ccccc1. The van der Waals surface area contributed by atoms with Gasteiger partial charge in [0, 0.05) is 15.5 Å². The number of hydrogen-bond acceptors (Lipinski definition) is 6. The molecule has 3 aromatic rings. The minimum absolute atomic E-state index is 0.129. The van der Waals surface area contributed by atoms with Gasteiger partial charge in [-0.2, -0.15) is 0 Å². The highest BCUT2D eigenvalue weighted by atomic mass is 35.5. The van der Waals surface area contributed by atoms with Crippen LogP contribution in [0.25, 0.3) is 11.1 Å². The van der Waals surface area contributed by atoms with Crippen molar-refractivity contribution in [2.45, 2.75) is 11.8 Å². The van der Waals surface area contributed by atoms with Crippen LogP contribution in [0.15, 0.2) is 53.4 Å². The number of thiophene rings is 1. The van der Waals surface area contributed by atoms with Gasteiger partial charge in [0.15, 0.2) is 0 Å². The Balaban J connectivity index is 2.15. The number of esters is 1. The van der Waals surface area contributed by atoms with E-state index in [0.717, 1.165) is 21.8 Å². The van der Waals surface area contributed by atoms with Gasteiger partial charge < -0.3 is 9.47 Å². The maximum absolute atomic E-state index is 13.1. The Kier molecular flexibility index (Phi) is 6.16. The molecular weight excluding hydrogens is 434 g/mol. The minimum atomic E-state index is -4.09. The molecule has 0 spiro atoms. The highest BCUT2D eigenvalue weighted by Gasteiger charge is 2.28. The first-order valence-corrected chi connectivity index (χ1v) is 11.1. The van der Waals surface area contributed by atoms with E-state index in [0.29, 0.717) is 5.56 Å². The summed E-state index contributed by atoms with van der Waals surface area (Å²) in [7, 11) is -1.47. The van der Waals surface area contributed by atoms with E-state index in [4.69, 9.17) is 21.1 Å². The topological polar surface area (TPSA) is 81.7 Å². The van der Waals surface area contributed by atoms with E-state index >= 15 is 0 Å². The smallest absolute Gasteiger partial charge is 0.341 e. The monoisotopic (exact) mass is 451 g/mol. The maximum atomic E-state index is 13.1. The maximum Gasteiger partial charge on any atom is 0.341 e. The van der Waals surface area contributed by atoms with E-state index in [9.17, 15) is 13.2 Å². The van der Waals surface area contributed by atoms with Gasteiger partial charge in [-0.25, -0.2) is 13.2 Å². The number of ether oxygens (including phenoxy) is 2. The Hall–Kier alpha value is -2.55. The number of sulfonamides is 1. The van der Waals surface area contributed by atoms with E-state index in [1.54, 1.807) is 0 Å². The van der Waals surface area contributed by atoms with E-state index < -0.39 is 16.0 Å². The van der Waals surface area contributed by atoms with Crippen molar-refractivity contribution in [2.24, 2.45) is 0 Å². The van der Waals surface area contributed by atoms with Crippen LogP contribution < -0.4 is 9.46 Å². The fourth-order valence-corrected chi connectivity index (χ4v) is 5.71. The van der Waals surface area contributed by atoms with Crippen molar-refractivity contribution >= 4 is 43.9 Å². The van der Waals surface area contributed by atoms with Crippen molar-refractivity contribution in [2.75, 3.05) is 18.9 Å². The molecule has 0 radical (unpaired) electrons. The van der Waals surface area contributed by atoms with Crippen LogP contribution in [0.4, 0.5) is 5.00 Å². The number of carbonyl (C=O) groups excluding carboxylic acids is 1. The standard InChI is InChI=1S/C20H18ClNO5S2/c1-12-17(13-7-5-4-6-8-13)18(20(23)27-3)19(28-12)22-29(24,25)16-11-14(21)9-10-15(16)26-2/h4-11,22H,1-3H3. The van der Waals surface area contributed by atoms with Gasteiger partial charge in [-0.1, -0.05) is 41.9 Å². The number of halogens is 1. The molecule has 0 fully saturated rings. The lowest BCUT2D eigenvalue weighted by Crippen LogP contribution is -2.16. The molecule has 0 atom stereocenters. The van der Waals surface area contributed by atoms with Gasteiger partial charge >= 0.3 is 5.97 Å². The molecule has 0 saturated heterocycles. The number of methoxy groups -OCH3 is 2. The van der Waals surface area contributed by atoms with Crippen molar-refractivity contribution in [3.63, 3.8) is 0 Å². The van der Waals surface area contributed by atoms with Crippen LogP contribution in [0, 0.1) is 6.92 Å². The number of aryl methyl sites for hydroxylation is 1. The first-order valence-electron chi connectivity index (χ1n) is 8.42. The van der Waals surface area contributed by atoms with Crippen LogP contribution in [0.5, 0.6) is 5.75 Å². The average molecular weight is 452 g/mol. The second kappa shape index (κ2) is 8.44. The highest BCUT2D eigenvalue weighted by molar-refractivity contribution is 7.93. The lowest BCUT2D eigenvalue weighted by molar-refractivity contribution is 0.0603. The predicted octanol–water partition coefficient (Wildman–Crippen LogP) is 4.97. The fourth-order valence-electron chi connectivity index (χ4n) is 2.90. The van der Waals surface area contributed by atoms with Crippen molar-refractivity contribution in [1.29, 1.82) is 0 Å². The van der Waals surface area contributed by atoms with Crippen LogP contribution in [0.3, 0.4) is 0 Å². The molecular formula is C20H18ClNO5S2. The average Bonchev–Trinajstić information content (AvgIpc) is 3.02. The highest BCUT2D eigenvalue weighted by Crippen LogP contribution is 2.41. The fraction of sp³-hybridized carbons (Fsp3) is 0.150. The van der Waals surface area contributed by atoms with Gasteiger partial charge in [0.25, 0.3) is 10.0 Å². The van der Waals surface area contributed by atoms with Crippen molar-refractivity contribution in [1.82, 2.24) is 0 Å². The Bertz CT molecular complexity index is 1160. The van der Waals surface area contributed by atoms with E-state index in [1.807, 2.05) is 37.3 Å². The molecule has 0 aliphatic carbocycles. The molecule has 1 aromatic heterocycles. The number of nitrogens with one attached hydrogen (secondary N) is 1. The summed E-state index contributed by atoms with van der Waals surface area (Å²) in [6.07, 6.45) is 0. The molecule has 0 unspecified atom stereocenters. The normalized spacial score (nSPS) is 11.2. The summed E-state index contributed by atoms with van der Waals surface area (Å²) in [6, 6.07) is 13.5. The molecule has 2 aromatic carbocycles. The van der Waals surface area contributed by atoms with Gasteiger partial charge in [-0.15, -0.1) is 11.3 Å². The van der Waals surface area contributed by atoms with Crippen molar-refractivity contribution < 1.29 is 22.7 Å². The molecule has 3 rings (SSSR count). The Morgan fingerprint density at radius 1 is 1.10 bits per heavy atom. The number of hydrogen-bond donors (Lipinski definition) is 1. The van der Waals surface area contributed by atoms with Crippen LogP contribution >= 0.6 is 22.9 Å². The molecule has 152 valence electrons. The van der Waals surface area contributed by atoms with Gasteiger partial charge in [0.1, 0.15) is 21.2 Å². The van der Waals surface area contributed by atoms with E-state index in [1.165, 1.54) is 32.4 Å². The molecule has 29 heavy (non-hydrogen) atoms. The summed E-state index contributed by atoms with van der Waals surface area (Å²) in [5, 5.41) is 0.405. The van der Waals surface area contributed by atoms with E-state index in [-0.39, 0.29) is 26.2 Å². The number of carbonyl (C=O) groups is 1. The summed E-state index contributed by atoms with van der Waals surface area (Å²) in [5.41, 5.74) is 1.57. The van der Waals surface area contributed by atoms with Crippen LogP contribution in [-0.2, 0) is 14.8 Å². The Morgan fingerprint density at radius 3 is 2.41 bits per heavy atom. The molecule has 0 bridgehead atoms. The summed E-state index contributed by atoms with van der Waals surface area (Å²) in [5.74, 6) is -0.498. The first kappa shape index (κ1) is 21.2. The van der Waals surface area contributed by atoms with E-state index in [2.05, 4.69) is 4.72 Å². The minimum Gasteiger partial charge on any atom is -0.495 e. The molecule has 0 aliphatic rings. The molecule has 1 N–H and O–H groups in total. The second-order valence-corrected chi connectivity index (χ2v) is 9.31. The first-order chi connectivity index (χ1) is 13.8. The molecule has 9 heteroatoms. The quantitative estimate of drug-likeness (QED) is 0.535. The molecule has 0 saturated carbocycles. The second-order valence-electron chi connectivity index (χ2n) is 6.00. The summed E-state index contributed by atoms with van der Waals surface area (Å²) < 4.78 is 38.7. The van der Waals surface area contributed by atoms with Crippen molar-refractivity contribution in [3.8, 4) is 16.9 Å². The summed E-state index contributed by atoms with van der Waals surface area (Å²) >= 11 is 7.13. The van der Waals surface area contributed by atoms with Crippen LogP contribution in [0.1, 0.15) is 15.2 Å². The van der Waals surface area contributed by atoms with Crippen LogP contribution in [0.2, 0.25) is 5.02 Å². The number of rotatable bonds is 6. The third-order valence-electron chi connectivity index (χ3n) is 4.18. The number of benzene rings is 2. The Labute approximate surface area is 178 Å². The van der Waals surface area contributed by atoms with Gasteiger partial charge in [-0.3, -0.25) is 4.72 Å². The molecule has 0 aliphatic heterocycles. The third kappa shape index (κ3) is 4.24. The summed E-state index contributed by atoms with van der Waals surface area (Å²) in [4.78, 5) is 13.2. The lowest BCUT2D eigenvalue weighted by Gasteiger charge is -2.12. The summed E-state index contributed by atoms with van der Waals surface area (Å²) in [6.45, 7) is 1.82. The lowest BCUT2D eigenvalue weighted by atomic mass is 10.0. The predicted molar refractivity (Wildman–Crippen MR) is 115 cm³/mol. The zero-order valence-electron chi connectivity index (χ0n) is 15.9. The Morgan fingerprint density at radius 2 is 1.79 bits per heavy atom. The van der Waals surface area contributed by atoms with Gasteiger partial charge in [-0.05, 0) is 30.7 Å². The molecule has 6 nitrogen and oxygen atoms in total. The molecule has 1 heterocycles. The van der Waals surface area contributed by atoms with Gasteiger partial charge in [0.05, 0.1) is 14.2 Å².